The molecule has 2 atom stereocenters. The van der Waals surface area contributed by atoms with Gasteiger partial charge in [-0.3, -0.25) is 15.6 Å². The Labute approximate surface area is 114 Å². The van der Waals surface area contributed by atoms with Gasteiger partial charge >= 0.3 is 0 Å². The number of amides is 1. The fraction of sp³-hybridized carbons (Fsp3) is 0.571. The van der Waals surface area contributed by atoms with Gasteiger partial charge in [0, 0.05) is 19.3 Å². The Hall–Kier alpha value is -1.62. The molecule has 5 nitrogen and oxygen atoms in total. The van der Waals surface area contributed by atoms with Crippen molar-refractivity contribution < 1.29 is 4.79 Å². The van der Waals surface area contributed by atoms with Gasteiger partial charge in [-0.2, -0.15) is 0 Å². The van der Waals surface area contributed by atoms with Crippen molar-refractivity contribution in [1.29, 1.82) is 0 Å². The number of hydrogen-bond acceptors (Lipinski definition) is 4. The van der Waals surface area contributed by atoms with Crippen molar-refractivity contribution in [3.63, 3.8) is 0 Å². The molecule has 104 valence electrons. The van der Waals surface area contributed by atoms with Gasteiger partial charge < -0.3 is 10.3 Å². The largest absolute Gasteiger partial charge is 0.339 e. The lowest BCUT2D eigenvalue weighted by molar-refractivity contribution is 0.0673. The van der Waals surface area contributed by atoms with E-state index in [1.54, 1.807) is 18.5 Å². The van der Waals surface area contributed by atoms with Crippen LogP contribution >= 0.6 is 0 Å². The smallest absolute Gasteiger partial charge is 0.256 e. The predicted molar refractivity (Wildman–Crippen MR) is 75.6 cm³/mol. The van der Waals surface area contributed by atoms with E-state index in [-0.39, 0.29) is 5.91 Å². The number of anilines is 1. The van der Waals surface area contributed by atoms with Crippen LogP contribution in [-0.2, 0) is 0 Å². The van der Waals surface area contributed by atoms with E-state index in [1.807, 2.05) is 11.9 Å². The summed E-state index contributed by atoms with van der Waals surface area (Å²) < 4.78 is 0. The van der Waals surface area contributed by atoms with E-state index in [0.29, 0.717) is 23.2 Å². The van der Waals surface area contributed by atoms with Crippen LogP contribution in [0, 0.1) is 5.92 Å². The lowest BCUT2D eigenvalue weighted by Crippen LogP contribution is -2.40. The van der Waals surface area contributed by atoms with Gasteiger partial charge in [-0.25, -0.2) is 0 Å². The molecule has 0 bridgehead atoms. The summed E-state index contributed by atoms with van der Waals surface area (Å²) in [7, 11) is 1.88. The van der Waals surface area contributed by atoms with E-state index in [4.69, 9.17) is 5.84 Å². The van der Waals surface area contributed by atoms with Crippen molar-refractivity contribution in [2.75, 3.05) is 12.5 Å². The third-order valence-corrected chi connectivity index (χ3v) is 3.98. The van der Waals surface area contributed by atoms with Gasteiger partial charge in [-0.15, -0.1) is 0 Å². The Morgan fingerprint density at radius 2 is 2.32 bits per heavy atom. The molecular formula is C14H22N4O. The summed E-state index contributed by atoms with van der Waals surface area (Å²) in [5.74, 6) is 6.13. The van der Waals surface area contributed by atoms with E-state index in [2.05, 4.69) is 17.3 Å². The number of nitrogens with zero attached hydrogens (tertiary/aromatic N) is 2. The number of aromatic nitrogens is 1. The zero-order chi connectivity index (χ0) is 13.8. The first-order valence-corrected chi connectivity index (χ1v) is 6.81. The van der Waals surface area contributed by atoms with Crippen LogP contribution in [0.25, 0.3) is 0 Å². The number of nitrogens with one attached hydrogen (secondary N) is 1. The van der Waals surface area contributed by atoms with Crippen LogP contribution in [0.5, 0.6) is 0 Å². The highest BCUT2D eigenvalue weighted by molar-refractivity contribution is 5.99. The summed E-state index contributed by atoms with van der Waals surface area (Å²) >= 11 is 0. The number of nitrogens with two attached hydrogens (primary N) is 1. The van der Waals surface area contributed by atoms with Crippen molar-refractivity contribution in [1.82, 2.24) is 9.88 Å². The van der Waals surface area contributed by atoms with Crippen LogP contribution in [0.3, 0.4) is 0 Å². The number of carbonyl (C=O) groups excluding carboxylic acids is 1. The molecule has 5 heteroatoms. The molecule has 2 rings (SSSR count). The molecule has 0 spiro atoms. The molecule has 1 aromatic heterocycles. The van der Waals surface area contributed by atoms with Gasteiger partial charge in [-0.05, 0) is 24.8 Å². The Balaban J connectivity index is 2.14. The van der Waals surface area contributed by atoms with Crippen LogP contribution in [-0.4, -0.2) is 28.9 Å². The van der Waals surface area contributed by atoms with Gasteiger partial charge in [0.1, 0.15) is 0 Å². The Morgan fingerprint density at radius 3 is 3.00 bits per heavy atom. The van der Waals surface area contributed by atoms with E-state index >= 15 is 0 Å². The molecule has 1 aliphatic carbocycles. The highest BCUT2D eigenvalue weighted by Crippen LogP contribution is 2.28. The zero-order valence-electron chi connectivity index (χ0n) is 11.6. The molecule has 0 saturated heterocycles. The van der Waals surface area contributed by atoms with Crippen molar-refractivity contribution >= 4 is 11.6 Å². The Bertz CT molecular complexity index is 449. The van der Waals surface area contributed by atoms with E-state index in [1.165, 1.54) is 12.8 Å². The van der Waals surface area contributed by atoms with Crippen LogP contribution < -0.4 is 11.3 Å². The number of hydrogen-bond donors (Lipinski definition) is 2. The molecule has 1 saturated carbocycles. The second-order valence-electron chi connectivity index (χ2n) is 5.41. The first-order valence-electron chi connectivity index (χ1n) is 6.81. The summed E-state index contributed by atoms with van der Waals surface area (Å²) in [6.45, 7) is 2.25. The molecule has 2 unspecified atom stereocenters. The first-order chi connectivity index (χ1) is 9.13. The molecule has 19 heavy (non-hydrogen) atoms. The van der Waals surface area contributed by atoms with Crippen molar-refractivity contribution in [3.05, 3.63) is 24.0 Å². The Kier molecular flexibility index (Phi) is 4.37. The van der Waals surface area contributed by atoms with Crippen LogP contribution in [0.1, 0.15) is 43.0 Å². The second-order valence-corrected chi connectivity index (χ2v) is 5.41. The highest BCUT2D eigenvalue weighted by Gasteiger charge is 2.26. The molecule has 0 radical (unpaired) electrons. The number of pyridine rings is 1. The van der Waals surface area contributed by atoms with Gasteiger partial charge in [0.25, 0.3) is 5.91 Å². The number of rotatable bonds is 3. The van der Waals surface area contributed by atoms with Gasteiger partial charge in [-0.1, -0.05) is 19.8 Å². The molecule has 1 fully saturated rings. The van der Waals surface area contributed by atoms with E-state index in [0.717, 1.165) is 12.8 Å². The lowest BCUT2D eigenvalue weighted by atomic mass is 9.86. The minimum atomic E-state index is 0.00875. The fourth-order valence-electron chi connectivity index (χ4n) is 2.81. The average Bonchev–Trinajstić information content (AvgIpc) is 2.45. The quantitative estimate of drug-likeness (QED) is 0.646. The first kappa shape index (κ1) is 13.8. The lowest BCUT2D eigenvalue weighted by Gasteiger charge is -2.34. The fourth-order valence-corrected chi connectivity index (χ4v) is 2.81. The average molecular weight is 262 g/mol. The monoisotopic (exact) mass is 262 g/mol. The standard InChI is InChI=1S/C14H22N4O/c1-10-4-3-5-11(8-10)18(2)14(19)12-6-7-16-9-13(12)17-15/h6-7,9-11,17H,3-5,8,15H2,1-2H3. The molecular weight excluding hydrogens is 240 g/mol. The maximum Gasteiger partial charge on any atom is 0.256 e. The maximum atomic E-state index is 12.5. The molecule has 1 aromatic rings. The minimum Gasteiger partial charge on any atom is -0.339 e. The van der Waals surface area contributed by atoms with E-state index in [9.17, 15) is 4.79 Å². The molecule has 3 N–H and O–H groups in total. The third-order valence-electron chi connectivity index (χ3n) is 3.98. The van der Waals surface area contributed by atoms with Crippen molar-refractivity contribution in [2.45, 2.75) is 38.6 Å². The van der Waals surface area contributed by atoms with Gasteiger partial charge in [0.2, 0.25) is 0 Å². The van der Waals surface area contributed by atoms with Crippen molar-refractivity contribution in [3.8, 4) is 0 Å². The molecule has 0 aromatic carbocycles. The zero-order valence-corrected chi connectivity index (χ0v) is 11.6. The maximum absolute atomic E-state index is 12.5. The van der Waals surface area contributed by atoms with Crippen LogP contribution in [0.2, 0.25) is 0 Å². The minimum absolute atomic E-state index is 0.00875. The molecule has 0 aliphatic heterocycles. The van der Waals surface area contributed by atoms with Crippen molar-refractivity contribution in [2.24, 2.45) is 11.8 Å². The van der Waals surface area contributed by atoms with Gasteiger partial charge in [0.15, 0.2) is 0 Å². The van der Waals surface area contributed by atoms with Gasteiger partial charge in [0.05, 0.1) is 17.4 Å². The summed E-state index contributed by atoms with van der Waals surface area (Å²) in [4.78, 5) is 18.4. The summed E-state index contributed by atoms with van der Waals surface area (Å²) in [6, 6.07) is 2.04. The van der Waals surface area contributed by atoms with Crippen LogP contribution in [0.15, 0.2) is 18.5 Å². The van der Waals surface area contributed by atoms with E-state index < -0.39 is 0 Å². The molecule has 1 heterocycles. The molecule has 1 aliphatic rings. The number of carbonyl (C=O) groups is 1. The predicted octanol–water partition coefficient (Wildman–Crippen LogP) is 2.02. The van der Waals surface area contributed by atoms with Crippen LogP contribution in [0.4, 0.5) is 5.69 Å². The normalized spacial score (nSPS) is 22.9. The molecule has 1 amide bonds. The summed E-state index contributed by atoms with van der Waals surface area (Å²) in [5, 5.41) is 0. The second kappa shape index (κ2) is 6.02. The summed E-state index contributed by atoms with van der Waals surface area (Å²) in [5.41, 5.74) is 3.69. The topological polar surface area (TPSA) is 71.2 Å². The highest BCUT2D eigenvalue weighted by atomic mass is 16.2. The number of nitrogen functional groups attached to an aromatic ring is 1. The summed E-state index contributed by atoms with van der Waals surface area (Å²) in [6.07, 6.45) is 7.82. The Morgan fingerprint density at radius 1 is 1.53 bits per heavy atom. The SMILES string of the molecule is CC1CCCC(N(C)C(=O)c2ccncc2NN)C1. The third kappa shape index (κ3) is 3.04. The number of hydrazine groups is 1.